The van der Waals surface area contributed by atoms with E-state index in [9.17, 15) is 4.39 Å². The van der Waals surface area contributed by atoms with E-state index in [0.29, 0.717) is 19.2 Å². The molecular weight excluding hydrogens is 245 g/mol. The van der Waals surface area contributed by atoms with Gasteiger partial charge in [-0.15, -0.1) is 0 Å². The van der Waals surface area contributed by atoms with Gasteiger partial charge in [-0.25, -0.2) is 4.39 Å². The van der Waals surface area contributed by atoms with Gasteiger partial charge in [0.05, 0.1) is 12.2 Å². The van der Waals surface area contributed by atoms with E-state index in [1.807, 2.05) is 12.1 Å². The van der Waals surface area contributed by atoms with Crippen molar-refractivity contribution in [1.82, 2.24) is 5.32 Å². The van der Waals surface area contributed by atoms with Gasteiger partial charge in [0.1, 0.15) is 5.82 Å². The molecule has 104 valence electrons. The Morgan fingerprint density at radius 1 is 1.32 bits per heavy atom. The quantitative estimate of drug-likeness (QED) is 0.909. The van der Waals surface area contributed by atoms with Crippen molar-refractivity contribution in [2.24, 2.45) is 0 Å². The monoisotopic (exact) mass is 265 g/mol. The molecule has 0 radical (unpaired) electrons. The van der Waals surface area contributed by atoms with Crippen molar-refractivity contribution < 1.29 is 13.9 Å². The highest BCUT2D eigenvalue weighted by molar-refractivity contribution is 5.17. The van der Waals surface area contributed by atoms with Crippen LogP contribution in [0.15, 0.2) is 24.3 Å². The van der Waals surface area contributed by atoms with E-state index in [1.165, 1.54) is 6.07 Å². The first-order valence-corrected chi connectivity index (χ1v) is 6.96. The van der Waals surface area contributed by atoms with Gasteiger partial charge in [-0.1, -0.05) is 18.2 Å². The van der Waals surface area contributed by atoms with E-state index in [2.05, 4.69) is 5.32 Å². The summed E-state index contributed by atoms with van der Waals surface area (Å²) in [5.74, 6) is -0.138. The maximum absolute atomic E-state index is 13.6. The van der Waals surface area contributed by atoms with Gasteiger partial charge in [0.2, 0.25) is 0 Å². The molecule has 2 atom stereocenters. The second-order valence-corrected chi connectivity index (χ2v) is 5.50. The lowest BCUT2D eigenvalue weighted by Crippen LogP contribution is -2.47. The minimum absolute atomic E-state index is 0.0921. The van der Waals surface area contributed by atoms with Gasteiger partial charge in [-0.05, 0) is 18.9 Å². The Kier molecular flexibility index (Phi) is 3.82. The predicted molar refractivity (Wildman–Crippen MR) is 70.4 cm³/mol. The van der Waals surface area contributed by atoms with E-state index in [1.54, 1.807) is 6.07 Å². The Morgan fingerprint density at radius 2 is 2.21 bits per heavy atom. The van der Waals surface area contributed by atoms with Crippen LogP contribution in [0.1, 0.15) is 24.8 Å². The third-order valence-corrected chi connectivity index (χ3v) is 4.10. The van der Waals surface area contributed by atoms with Crippen molar-refractivity contribution in [3.05, 3.63) is 35.6 Å². The van der Waals surface area contributed by atoms with Gasteiger partial charge in [-0.2, -0.15) is 0 Å². The van der Waals surface area contributed by atoms with Gasteiger partial charge >= 0.3 is 0 Å². The molecule has 0 bridgehead atoms. The molecule has 2 saturated heterocycles. The summed E-state index contributed by atoms with van der Waals surface area (Å²) in [6.45, 7) is 2.83. The maximum Gasteiger partial charge on any atom is 0.127 e. The summed E-state index contributed by atoms with van der Waals surface area (Å²) in [7, 11) is 0. The highest BCUT2D eigenvalue weighted by atomic mass is 19.1. The average molecular weight is 265 g/mol. The third kappa shape index (κ3) is 2.96. The zero-order valence-electron chi connectivity index (χ0n) is 11.0. The van der Waals surface area contributed by atoms with Gasteiger partial charge in [0, 0.05) is 37.8 Å². The van der Waals surface area contributed by atoms with Gasteiger partial charge in [-0.3, -0.25) is 0 Å². The minimum atomic E-state index is -0.138. The Hall–Kier alpha value is -0.970. The topological polar surface area (TPSA) is 30.5 Å². The molecule has 2 heterocycles. The summed E-state index contributed by atoms with van der Waals surface area (Å²) >= 11 is 0. The highest BCUT2D eigenvalue weighted by Gasteiger charge is 2.40. The molecule has 2 aliphatic rings. The SMILES string of the molecule is Fc1ccccc1CN[C@H]1CCO[C@@]2(CCOC2)C1. The molecule has 0 amide bonds. The molecule has 1 aromatic carbocycles. The zero-order valence-corrected chi connectivity index (χ0v) is 11.0. The second kappa shape index (κ2) is 5.57. The molecule has 0 unspecified atom stereocenters. The summed E-state index contributed by atoms with van der Waals surface area (Å²) in [4.78, 5) is 0. The number of nitrogens with one attached hydrogen (secondary N) is 1. The van der Waals surface area contributed by atoms with Crippen LogP contribution in [0, 0.1) is 5.82 Å². The van der Waals surface area contributed by atoms with Gasteiger partial charge in [0.25, 0.3) is 0 Å². The number of ether oxygens (including phenoxy) is 2. The summed E-state index contributed by atoms with van der Waals surface area (Å²) in [5.41, 5.74) is 0.635. The van der Waals surface area contributed by atoms with Gasteiger partial charge in [0.15, 0.2) is 0 Å². The van der Waals surface area contributed by atoms with Crippen LogP contribution in [0.25, 0.3) is 0 Å². The number of hydrogen-bond acceptors (Lipinski definition) is 3. The smallest absolute Gasteiger partial charge is 0.127 e. The molecule has 3 rings (SSSR count). The van der Waals surface area contributed by atoms with Crippen LogP contribution in [-0.2, 0) is 16.0 Å². The molecular formula is C15H20FNO2. The molecule has 1 N–H and O–H groups in total. The van der Waals surface area contributed by atoms with Crippen LogP contribution in [-0.4, -0.2) is 31.5 Å². The molecule has 1 aromatic rings. The highest BCUT2D eigenvalue weighted by Crippen LogP contribution is 2.32. The molecule has 4 heteroatoms. The minimum Gasteiger partial charge on any atom is -0.378 e. The Morgan fingerprint density at radius 3 is 3.00 bits per heavy atom. The van der Waals surface area contributed by atoms with Gasteiger partial charge < -0.3 is 14.8 Å². The van der Waals surface area contributed by atoms with Crippen molar-refractivity contribution >= 4 is 0 Å². The van der Waals surface area contributed by atoms with Crippen molar-refractivity contribution in [3.8, 4) is 0 Å². The van der Waals surface area contributed by atoms with E-state index >= 15 is 0 Å². The normalized spacial score (nSPS) is 30.9. The average Bonchev–Trinajstić information content (AvgIpc) is 2.86. The summed E-state index contributed by atoms with van der Waals surface area (Å²) in [6, 6.07) is 7.31. The molecule has 3 nitrogen and oxygen atoms in total. The van der Waals surface area contributed by atoms with Crippen LogP contribution < -0.4 is 5.32 Å². The molecule has 0 aliphatic carbocycles. The Labute approximate surface area is 113 Å². The van der Waals surface area contributed by atoms with Crippen LogP contribution in [0.4, 0.5) is 4.39 Å². The molecule has 2 aliphatic heterocycles. The second-order valence-electron chi connectivity index (χ2n) is 5.50. The van der Waals surface area contributed by atoms with E-state index < -0.39 is 0 Å². The van der Waals surface area contributed by atoms with Crippen LogP contribution in [0.3, 0.4) is 0 Å². The van der Waals surface area contributed by atoms with Crippen molar-refractivity contribution in [2.45, 2.75) is 37.5 Å². The van der Waals surface area contributed by atoms with Crippen LogP contribution in [0.5, 0.6) is 0 Å². The van der Waals surface area contributed by atoms with Crippen molar-refractivity contribution in [3.63, 3.8) is 0 Å². The molecule has 0 saturated carbocycles. The third-order valence-electron chi connectivity index (χ3n) is 4.10. The first-order chi connectivity index (χ1) is 9.27. The molecule has 1 spiro atoms. The maximum atomic E-state index is 13.6. The number of benzene rings is 1. The van der Waals surface area contributed by atoms with Crippen molar-refractivity contribution in [2.75, 3.05) is 19.8 Å². The number of halogens is 1. The van der Waals surface area contributed by atoms with E-state index in [0.717, 1.165) is 38.0 Å². The van der Waals surface area contributed by atoms with Crippen molar-refractivity contribution in [1.29, 1.82) is 0 Å². The largest absolute Gasteiger partial charge is 0.378 e. The first kappa shape index (κ1) is 13.0. The van der Waals surface area contributed by atoms with E-state index in [4.69, 9.17) is 9.47 Å². The number of hydrogen-bond donors (Lipinski definition) is 1. The summed E-state index contributed by atoms with van der Waals surface area (Å²) in [5, 5.41) is 3.45. The van der Waals surface area contributed by atoms with Crippen LogP contribution >= 0.6 is 0 Å². The standard InChI is InChI=1S/C15H20FNO2/c16-14-4-2-1-3-12(14)10-17-13-5-7-19-15(9-13)6-8-18-11-15/h1-4,13,17H,5-11H2/t13-,15-/m0/s1. The fourth-order valence-electron chi connectivity index (χ4n) is 2.96. The lowest BCUT2D eigenvalue weighted by molar-refractivity contribution is -0.0894. The molecule has 0 aromatic heterocycles. The Balaban J connectivity index is 1.57. The zero-order chi connectivity index (χ0) is 13.1. The fourth-order valence-corrected chi connectivity index (χ4v) is 2.96. The lowest BCUT2D eigenvalue weighted by Gasteiger charge is -2.37. The molecule has 2 fully saturated rings. The number of rotatable bonds is 3. The Bertz CT molecular complexity index is 432. The van der Waals surface area contributed by atoms with Crippen LogP contribution in [0.2, 0.25) is 0 Å². The molecule has 19 heavy (non-hydrogen) atoms. The fraction of sp³-hybridized carbons (Fsp3) is 0.600. The summed E-state index contributed by atoms with van der Waals surface area (Å²) in [6.07, 6.45) is 2.92. The first-order valence-electron chi connectivity index (χ1n) is 6.96. The van der Waals surface area contributed by atoms with E-state index in [-0.39, 0.29) is 11.4 Å². The predicted octanol–water partition coefficient (Wildman–Crippen LogP) is 2.25. The lowest BCUT2D eigenvalue weighted by atomic mass is 9.89. The summed E-state index contributed by atoms with van der Waals surface area (Å²) < 4.78 is 24.9.